The molecule has 2 aromatic heterocycles. The molecule has 1 atom stereocenters. The van der Waals surface area contributed by atoms with E-state index in [0.717, 1.165) is 17.7 Å². The number of benzene rings is 3. The largest absolute Gasteiger partial charge is 0.497 e. The van der Waals surface area contributed by atoms with Crippen molar-refractivity contribution in [1.29, 1.82) is 5.26 Å². The van der Waals surface area contributed by atoms with Crippen LogP contribution in [0.4, 0.5) is 26.1 Å². The van der Waals surface area contributed by atoms with E-state index >= 15 is 0 Å². The lowest BCUT2D eigenvalue weighted by molar-refractivity contribution is 0.242. The maximum Gasteiger partial charge on any atom is 0.328 e. The predicted octanol–water partition coefficient (Wildman–Crippen LogP) is 5.01. The van der Waals surface area contributed by atoms with Crippen molar-refractivity contribution >= 4 is 28.5 Å². The predicted molar refractivity (Wildman–Crippen MR) is 154 cm³/mol. The van der Waals surface area contributed by atoms with Crippen LogP contribution in [0.2, 0.25) is 0 Å². The fourth-order valence-electron chi connectivity index (χ4n) is 5.12. The molecule has 0 radical (unpaired) electrons. The van der Waals surface area contributed by atoms with Gasteiger partial charge in [-0.2, -0.15) is 10.2 Å². The second kappa shape index (κ2) is 11.3. The number of hydrogen-bond donors (Lipinski definition) is 3. The number of nitrogens with zero attached hydrogens (tertiary/aromatic N) is 4. The van der Waals surface area contributed by atoms with Gasteiger partial charge in [0.1, 0.15) is 22.8 Å². The van der Waals surface area contributed by atoms with E-state index in [4.69, 9.17) is 14.2 Å². The molecule has 43 heavy (non-hydrogen) atoms. The van der Waals surface area contributed by atoms with Crippen molar-refractivity contribution in [2.24, 2.45) is 0 Å². The number of aromatic amines is 1. The summed E-state index contributed by atoms with van der Waals surface area (Å²) in [6.45, 7) is 0.520. The van der Waals surface area contributed by atoms with Gasteiger partial charge in [-0.05, 0) is 36.4 Å². The van der Waals surface area contributed by atoms with Gasteiger partial charge >= 0.3 is 5.69 Å². The molecule has 1 aliphatic heterocycles. The van der Waals surface area contributed by atoms with Crippen molar-refractivity contribution in [3.05, 3.63) is 93.5 Å². The van der Waals surface area contributed by atoms with E-state index < -0.39 is 23.4 Å². The van der Waals surface area contributed by atoms with E-state index in [-0.39, 0.29) is 29.5 Å². The second-order valence-electron chi connectivity index (χ2n) is 9.72. The fourth-order valence-corrected chi connectivity index (χ4v) is 5.12. The average Bonchev–Trinajstić information content (AvgIpc) is 3.34. The second-order valence-corrected chi connectivity index (χ2v) is 9.72. The first-order valence-corrected chi connectivity index (χ1v) is 13.2. The van der Waals surface area contributed by atoms with Gasteiger partial charge in [0.2, 0.25) is 5.95 Å². The zero-order valence-electron chi connectivity index (χ0n) is 23.1. The summed E-state index contributed by atoms with van der Waals surface area (Å²) in [6, 6.07) is 13.9. The van der Waals surface area contributed by atoms with E-state index in [1.165, 1.54) is 10.8 Å². The van der Waals surface area contributed by atoms with Crippen molar-refractivity contribution in [2.45, 2.75) is 19.0 Å². The van der Waals surface area contributed by atoms with Gasteiger partial charge < -0.3 is 29.8 Å². The third-order valence-electron chi connectivity index (χ3n) is 7.16. The number of rotatable bonds is 8. The topological polar surface area (TPSA) is 139 Å². The molecular weight excluding hydrogens is 560 g/mol. The number of aromatic nitrogens is 4. The van der Waals surface area contributed by atoms with Crippen LogP contribution in [0.1, 0.15) is 29.2 Å². The molecule has 0 bridgehead atoms. The standard InChI is InChI=1S/C30H25F2N7O4/c1-41-19-5-4-17(26(12-19)42-2)14-34-22-6-3-16(13-33)9-23(22)36-29-35-15-24-28(38-29)39(30(40)37-24)25-7-8-43-27-20(25)10-18(31)11-21(27)32/h3-6,9-12,15,25,34H,7-8,14H2,1-2H3,(H,37,40)(H,35,36,38)/t25-/m1/s1. The molecule has 0 unspecified atom stereocenters. The summed E-state index contributed by atoms with van der Waals surface area (Å²) in [5.74, 6) is -0.266. The Labute approximate surface area is 243 Å². The van der Waals surface area contributed by atoms with E-state index in [1.54, 1.807) is 38.5 Å². The van der Waals surface area contributed by atoms with Crippen molar-refractivity contribution in [2.75, 3.05) is 31.5 Å². The van der Waals surface area contributed by atoms with Crippen molar-refractivity contribution < 1.29 is 23.0 Å². The number of fused-ring (bicyclic) bond motifs is 2. The summed E-state index contributed by atoms with van der Waals surface area (Å²) in [4.78, 5) is 24.7. The van der Waals surface area contributed by atoms with Gasteiger partial charge in [-0.3, -0.25) is 4.57 Å². The molecule has 6 rings (SSSR count). The Bertz CT molecular complexity index is 1950. The minimum absolute atomic E-state index is 0.0937. The lowest BCUT2D eigenvalue weighted by atomic mass is 10.00. The Balaban J connectivity index is 1.34. The molecule has 13 heteroatoms. The van der Waals surface area contributed by atoms with Crippen LogP contribution in [0.15, 0.2) is 59.5 Å². The molecule has 3 N–H and O–H groups in total. The zero-order chi connectivity index (χ0) is 30.1. The lowest BCUT2D eigenvalue weighted by Gasteiger charge is -2.27. The Morgan fingerprint density at radius 1 is 1.14 bits per heavy atom. The van der Waals surface area contributed by atoms with E-state index in [0.29, 0.717) is 46.9 Å². The van der Waals surface area contributed by atoms with Gasteiger partial charge in [-0.25, -0.2) is 18.6 Å². The number of ether oxygens (including phenoxy) is 3. The van der Waals surface area contributed by atoms with Crippen molar-refractivity contribution in [3.8, 4) is 23.3 Å². The highest BCUT2D eigenvalue weighted by Crippen LogP contribution is 2.38. The Morgan fingerprint density at radius 3 is 2.79 bits per heavy atom. The third kappa shape index (κ3) is 5.26. The third-order valence-corrected chi connectivity index (χ3v) is 7.16. The normalized spacial score (nSPS) is 14.0. The van der Waals surface area contributed by atoms with Crippen LogP contribution in [-0.4, -0.2) is 40.3 Å². The molecule has 5 aromatic rings. The molecule has 0 amide bonds. The monoisotopic (exact) mass is 585 g/mol. The number of anilines is 3. The highest BCUT2D eigenvalue weighted by Gasteiger charge is 2.30. The first kappa shape index (κ1) is 27.5. The number of nitriles is 1. The molecule has 0 aliphatic carbocycles. The number of H-pyrrole nitrogens is 1. The summed E-state index contributed by atoms with van der Waals surface area (Å²) in [5.41, 5.74) is 2.71. The van der Waals surface area contributed by atoms with Crippen LogP contribution in [-0.2, 0) is 6.54 Å². The molecule has 11 nitrogen and oxygen atoms in total. The van der Waals surface area contributed by atoms with Crippen molar-refractivity contribution in [3.63, 3.8) is 0 Å². The number of hydrogen-bond acceptors (Lipinski definition) is 9. The molecule has 0 saturated heterocycles. The molecule has 0 saturated carbocycles. The van der Waals surface area contributed by atoms with Gasteiger partial charge in [0.05, 0.1) is 56.1 Å². The Hall–Kier alpha value is -5.64. The smallest absolute Gasteiger partial charge is 0.328 e. The van der Waals surface area contributed by atoms with E-state index in [2.05, 4.69) is 31.7 Å². The van der Waals surface area contributed by atoms with Gasteiger partial charge in [0.15, 0.2) is 17.2 Å². The maximum atomic E-state index is 14.5. The van der Waals surface area contributed by atoms with Gasteiger partial charge in [0, 0.05) is 36.2 Å². The fraction of sp³-hybridized carbons (Fsp3) is 0.200. The molecule has 218 valence electrons. The molecular formula is C30H25F2N7O4. The SMILES string of the molecule is COc1ccc(CNc2ccc(C#N)cc2Nc2ncc3[nH]c(=O)n([C@@H]4CCOc5c(F)cc(F)cc54)c3n2)c(OC)c1. The van der Waals surface area contributed by atoms with E-state index in [9.17, 15) is 18.8 Å². The van der Waals surface area contributed by atoms with Crippen LogP contribution < -0.4 is 30.5 Å². The number of imidazole rings is 1. The minimum Gasteiger partial charge on any atom is -0.497 e. The average molecular weight is 586 g/mol. The summed E-state index contributed by atoms with van der Waals surface area (Å²) in [6.07, 6.45) is 1.74. The molecule has 0 fully saturated rings. The molecule has 0 spiro atoms. The molecule has 3 heterocycles. The van der Waals surface area contributed by atoms with Crippen LogP contribution in [0.3, 0.4) is 0 Å². The highest BCUT2D eigenvalue weighted by atomic mass is 19.1. The summed E-state index contributed by atoms with van der Waals surface area (Å²) < 4.78 is 46.2. The van der Waals surface area contributed by atoms with E-state index in [1.807, 2.05) is 12.1 Å². The zero-order valence-corrected chi connectivity index (χ0v) is 23.1. The summed E-state index contributed by atoms with van der Waals surface area (Å²) >= 11 is 0. The number of halogens is 2. The number of methoxy groups -OCH3 is 2. The van der Waals surface area contributed by atoms with Crippen LogP contribution in [0, 0.1) is 23.0 Å². The van der Waals surface area contributed by atoms with Crippen LogP contribution in [0.5, 0.6) is 17.2 Å². The lowest BCUT2D eigenvalue weighted by Crippen LogP contribution is -2.28. The quantitative estimate of drug-likeness (QED) is 0.229. The maximum absolute atomic E-state index is 14.5. The van der Waals surface area contributed by atoms with Gasteiger partial charge in [0.25, 0.3) is 0 Å². The Morgan fingerprint density at radius 2 is 2.00 bits per heavy atom. The van der Waals surface area contributed by atoms with Gasteiger partial charge in [-0.1, -0.05) is 0 Å². The first-order chi connectivity index (χ1) is 20.9. The highest BCUT2D eigenvalue weighted by molar-refractivity contribution is 5.77. The first-order valence-electron chi connectivity index (χ1n) is 13.2. The summed E-state index contributed by atoms with van der Waals surface area (Å²) in [5, 5.41) is 16.0. The van der Waals surface area contributed by atoms with Crippen molar-refractivity contribution in [1.82, 2.24) is 19.5 Å². The molecule has 1 aliphatic rings. The molecule has 3 aromatic carbocycles. The van der Waals surface area contributed by atoms with Gasteiger partial charge in [-0.15, -0.1) is 0 Å². The Kier molecular flexibility index (Phi) is 7.25. The number of nitrogens with one attached hydrogen (secondary N) is 3. The summed E-state index contributed by atoms with van der Waals surface area (Å²) in [7, 11) is 3.16. The van der Waals surface area contributed by atoms with Crippen LogP contribution >= 0.6 is 0 Å². The minimum atomic E-state index is -0.839. The van der Waals surface area contributed by atoms with Crippen LogP contribution in [0.25, 0.3) is 11.2 Å².